The number of nitrogens with zero attached hydrogens (tertiary/aromatic N) is 1. The molecule has 1 aromatic carbocycles. The number of aromatic nitrogens is 1. The zero-order valence-electron chi connectivity index (χ0n) is 12.7. The first-order valence-corrected chi connectivity index (χ1v) is 7.46. The molecule has 20 heavy (non-hydrogen) atoms. The van der Waals surface area contributed by atoms with Crippen molar-refractivity contribution >= 4 is 0 Å². The van der Waals surface area contributed by atoms with Crippen LogP contribution in [0.5, 0.6) is 0 Å². The minimum absolute atomic E-state index is 0.320. The van der Waals surface area contributed by atoms with Crippen LogP contribution in [0, 0.1) is 0 Å². The highest BCUT2D eigenvalue weighted by molar-refractivity contribution is 5.26. The maximum Gasteiger partial charge on any atom is 0.0422 e. The van der Waals surface area contributed by atoms with Crippen molar-refractivity contribution in [2.75, 3.05) is 7.05 Å². The number of rotatable bonds is 6. The quantitative estimate of drug-likeness (QED) is 0.864. The van der Waals surface area contributed by atoms with Gasteiger partial charge in [-0.2, -0.15) is 0 Å². The van der Waals surface area contributed by atoms with E-state index in [2.05, 4.69) is 60.5 Å². The SMILES string of the molecule is CCc1ccc(C(Cc2ccc(CC)cn2)NC)cc1. The second kappa shape index (κ2) is 7.20. The van der Waals surface area contributed by atoms with Crippen molar-refractivity contribution in [1.82, 2.24) is 10.3 Å². The molecule has 2 nitrogen and oxygen atoms in total. The van der Waals surface area contributed by atoms with Crippen LogP contribution in [0.3, 0.4) is 0 Å². The molecule has 106 valence electrons. The normalized spacial score (nSPS) is 12.3. The van der Waals surface area contributed by atoms with Crippen LogP contribution in [-0.4, -0.2) is 12.0 Å². The third kappa shape index (κ3) is 3.67. The van der Waals surface area contributed by atoms with Gasteiger partial charge in [-0.25, -0.2) is 0 Å². The summed E-state index contributed by atoms with van der Waals surface area (Å²) in [6.45, 7) is 4.34. The van der Waals surface area contributed by atoms with E-state index in [1.165, 1.54) is 16.7 Å². The number of benzene rings is 1. The van der Waals surface area contributed by atoms with Gasteiger partial charge in [-0.05, 0) is 42.6 Å². The molecule has 2 heteroatoms. The van der Waals surface area contributed by atoms with E-state index in [0.29, 0.717) is 6.04 Å². The molecule has 0 radical (unpaired) electrons. The van der Waals surface area contributed by atoms with Crippen LogP contribution < -0.4 is 5.32 Å². The minimum Gasteiger partial charge on any atom is -0.313 e. The smallest absolute Gasteiger partial charge is 0.0422 e. The topological polar surface area (TPSA) is 24.9 Å². The predicted octanol–water partition coefficient (Wildman–Crippen LogP) is 3.71. The van der Waals surface area contributed by atoms with Crippen LogP contribution in [0.1, 0.15) is 42.3 Å². The lowest BCUT2D eigenvalue weighted by Gasteiger charge is -2.17. The van der Waals surface area contributed by atoms with E-state index < -0.39 is 0 Å². The van der Waals surface area contributed by atoms with Crippen molar-refractivity contribution in [3.05, 3.63) is 65.0 Å². The lowest BCUT2D eigenvalue weighted by atomic mass is 9.99. The number of nitrogens with one attached hydrogen (secondary N) is 1. The third-order valence-corrected chi connectivity index (χ3v) is 3.85. The second-order valence-corrected chi connectivity index (χ2v) is 5.15. The van der Waals surface area contributed by atoms with Crippen molar-refractivity contribution in [3.8, 4) is 0 Å². The Bertz CT molecular complexity index is 514. The number of likely N-dealkylation sites (N-methyl/N-ethyl adjacent to an activating group) is 1. The van der Waals surface area contributed by atoms with Gasteiger partial charge in [0.05, 0.1) is 0 Å². The van der Waals surface area contributed by atoms with Gasteiger partial charge in [0.15, 0.2) is 0 Å². The Labute approximate surface area is 122 Å². The number of aryl methyl sites for hydroxylation is 2. The highest BCUT2D eigenvalue weighted by Gasteiger charge is 2.10. The van der Waals surface area contributed by atoms with E-state index in [-0.39, 0.29) is 0 Å². The maximum absolute atomic E-state index is 4.56. The fraction of sp³-hybridized carbons (Fsp3) is 0.389. The van der Waals surface area contributed by atoms with Gasteiger partial charge in [-0.15, -0.1) is 0 Å². The Morgan fingerprint density at radius 2 is 1.60 bits per heavy atom. The molecule has 1 heterocycles. The van der Waals surface area contributed by atoms with E-state index in [9.17, 15) is 0 Å². The van der Waals surface area contributed by atoms with Gasteiger partial charge in [0.1, 0.15) is 0 Å². The van der Waals surface area contributed by atoms with E-state index in [1.807, 2.05) is 13.2 Å². The molecule has 0 fully saturated rings. The Kier molecular flexibility index (Phi) is 5.31. The van der Waals surface area contributed by atoms with Gasteiger partial charge >= 0.3 is 0 Å². The molecular formula is C18H24N2. The zero-order valence-corrected chi connectivity index (χ0v) is 12.7. The lowest BCUT2D eigenvalue weighted by molar-refractivity contribution is 0.584. The van der Waals surface area contributed by atoms with Crippen molar-refractivity contribution in [2.45, 2.75) is 39.2 Å². The molecule has 0 aliphatic rings. The van der Waals surface area contributed by atoms with Crippen LogP contribution in [0.25, 0.3) is 0 Å². The molecule has 0 amide bonds. The molecule has 2 aromatic rings. The maximum atomic E-state index is 4.56. The largest absolute Gasteiger partial charge is 0.313 e. The summed E-state index contributed by atoms with van der Waals surface area (Å²) in [7, 11) is 2.01. The van der Waals surface area contributed by atoms with Crippen LogP contribution in [-0.2, 0) is 19.3 Å². The Hall–Kier alpha value is -1.67. The first kappa shape index (κ1) is 14.7. The van der Waals surface area contributed by atoms with E-state index in [1.54, 1.807) is 0 Å². The summed E-state index contributed by atoms with van der Waals surface area (Å²) in [5.41, 5.74) is 5.14. The lowest BCUT2D eigenvalue weighted by Crippen LogP contribution is -2.19. The van der Waals surface area contributed by atoms with Crippen molar-refractivity contribution < 1.29 is 0 Å². The average molecular weight is 268 g/mol. The Morgan fingerprint density at radius 3 is 2.10 bits per heavy atom. The number of pyridine rings is 1. The van der Waals surface area contributed by atoms with Crippen molar-refractivity contribution in [2.24, 2.45) is 0 Å². The minimum atomic E-state index is 0.320. The van der Waals surface area contributed by atoms with Gasteiger partial charge < -0.3 is 5.32 Å². The summed E-state index contributed by atoms with van der Waals surface area (Å²) in [5.74, 6) is 0. The van der Waals surface area contributed by atoms with Crippen LogP contribution in [0.15, 0.2) is 42.6 Å². The Balaban J connectivity index is 2.10. The Morgan fingerprint density at radius 1 is 0.950 bits per heavy atom. The number of hydrogen-bond donors (Lipinski definition) is 1. The van der Waals surface area contributed by atoms with Crippen molar-refractivity contribution in [1.29, 1.82) is 0 Å². The fourth-order valence-electron chi connectivity index (χ4n) is 2.37. The molecule has 2 rings (SSSR count). The third-order valence-electron chi connectivity index (χ3n) is 3.85. The molecule has 1 atom stereocenters. The molecule has 0 saturated carbocycles. The average Bonchev–Trinajstić information content (AvgIpc) is 2.53. The summed E-state index contributed by atoms with van der Waals surface area (Å²) in [6, 6.07) is 13.5. The molecule has 0 saturated heterocycles. The van der Waals surface area contributed by atoms with Crippen LogP contribution in [0.4, 0.5) is 0 Å². The molecule has 0 aliphatic carbocycles. The van der Waals surface area contributed by atoms with Gasteiger partial charge in [-0.1, -0.05) is 44.2 Å². The molecule has 1 unspecified atom stereocenters. The molecule has 1 N–H and O–H groups in total. The van der Waals surface area contributed by atoms with E-state index >= 15 is 0 Å². The molecular weight excluding hydrogens is 244 g/mol. The van der Waals surface area contributed by atoms with Crippen LogP contribution >= 0.6 is 0 Å². The summed E-state index contributed by atoms with van der Waals surface area (Å²) in [6.07, 6.45) is 5.04. The van der Waals surface area contributed by atoms with E-state index in [4.69, 9.17) is 0 Å². The summed E-state index contributed by atoms with van der Waals surface area (Å²) in [4.78, 5) is 4.56. The predicted molar refractivity (Wildman–Crippen MR) is 84.9 cm³/mol. The number of hydrogen-bond acceptors (Lipinski definition) is 2. The first-order chi connectivity index (χ1) is 9.76. The van der Waals surface area contributed by atoms with Crippen molar-refractivity contribution in [3.63, 3.8) is 0 Å². The fourth-order valence-corrected chi connectivity index (χ4v) is 2.37. The summed E-state index contributed by atoms with van der Waals surface area (Å²) < 4.78 is 0. The van der Waals surface area contributed by atoms with Gasteiger partial charge in [0, 0.05) is 24.4 Å². The van der Waals surface area contributed by atoms with E-state index in [0.717, 1.165) is 25.0 Å². The molecule has 0 spiro atoms. The van der Waals surface area contributed by atoms with Crippen LogP contribution in [0.2, 0.25) is 0 Å². The standard InChI is InChI=1S/C18H24N2/c1-4-14-6-9-16(10-7-14)18(19-3)12-17-11-8-15(5-2)13-20-17/h6-11,13,18-19H,4-5,12H2,1-3H3. The second-order valence-electron chi connectivity index (χ2n) is 5.15. The summed E-state index contributed by atoms with van der Waals surface area (Å²) >= 11 is 0. The van der Waals surface area contributed by atoms with Gasteiger partial charge in [0.25, 0.3) is 0 Å². The highest BCUT2D eigenvalue weighted by atomic mass is 14.9. The van der Waals surface area contributed by atoms with Gasteiger partial charge in [-0.3, -0.25) is 4.98 Å². The van der Waals surface area contributed by atoms with Gasteiger partial charge in [0.2, 0.25) is 0 Å². The molecule has 1 aromatic heterocycles. The first-order valence-electron chi connectivity index (χ1n) is 7.46. The monoisotopic (exact) mass is 268 g/mol. The zero-order chi connectivity index (χ0) is 14.4. The highest BCUT2D eigenvalue weighted by Crippen LogP contribution is 2.18. The summed E-state index contributed by atoms with van der Waals surface area (Å²) in [5, 5.41) is 3.39. The molecule has 0 aliphatic heterocycles. The molecule has 0 bridgehead atoms.